The number of nitrogens with zero attached hydrogens (tertiary/aromatic N) is 1. The fourth-order valence-corrected chi connectivity index (χ4v) is 3.72. The smallest absolute Gasteiger partial charge is 0.0540 e. The van der Waals surface area contributed by atoms with Crippen LogP contribution in [0.1, 0.15) is 13.8 Å². The Balaban J connectivity index is 0.000000994. The summed E-state index contributed by atoms with van der Waals surface area (Å²) in [5.74, 6) is 0. The van der Waals surface area contributed by atoms with Crippen molar-refractivity contribution in [3.63, 3.8) is 0 Å². The predicted octanol–water partition coefficient (Wildman–Crippen LogP) is 8.49. The molecule has 0 unspecified atom stereocenters. The molecule has 0 atom stereocenters. The molecule has 1 nitrogen and oxygen atoms in total. The highest BCUT2D eigenvalue weighted by Crippen LogP contribution is 2.39. The molecule has 0 heterocycles. The van der Waals surface area contributed by atoms with Gasteiger partial charge >= 0.3 is 0 Å². The van der Waals surface area contributed by atoms with Crippen LogP contribution in [0.3, 0.4) is 0 Å². The highest BCUT2D eigenvalue weighted by Gasteiger charge is 2.15. The van der Waals surface area contributed by atoms with Gasteiger partial charge < -0.3 is 4.90 Å². The van der Waals surface area contributed by atoms with Crippen LogP contribution in [0, 0.1) is 0 Å². The summed E-state index contributed by atoms with van der Waals surface area (Å²) in [5, 5.41) is 5.00. The first-order chi connectivity index (χ1) is 14.4. The zero-order valence-electron chi connectivity index (χ0n) is 16.9. The zero-order valence-corrected chi connectivity index (χ0v) is 16.9. The average Bonchev–Trinajstić information content (AvgIpc) is 2.81. The van der Waals surface area contributed by atoms with Gasteiger partial charge in [0.15, 0.2) is 0 Å². The molecule has 0 aliphatic rings. The van der Waals surface area contributed by atoms with Crippen LogP contribution in [-0.2, 0) is 0 Å². The number of fused-ring (bicyclic) bond motifs is 2. The highest BCUT2D eigenvalue weighted by molar-refractivity contribution is 6.00. The van der Waals surface area contributed by atoms with E-state index in [2.05, 4.69) is 120 Å². The molecular weight excluding hydrogens is 350 g/mol. The molecule has 142 valence electrons. The summed E-state index contributed by atoms with van der Waals surface area (Å²) < 4.78 is 0. The Bertz CT molecular complexity index is 1220. The van der Waals surface area contributed by atoms with E-state index in [1.807, 2.05) is 13.8 Å². The molecule has 0 aliphatic carbocycles. The first kappa shape index (κ1) is 18.8. The van der Waals surface area contributed by atoms with Gasteiger partial charge in [0.05, 0.1) is 5.69 Å². The van der Waals surface area contributed by atoms with Gasteiger partial charge in [0.2, 0.25) is 0 Å². The van der Waals surface area contributed by atoms with Crippen molar-refractivity contribution in [3.05, 3.63) is 115 Å². The molecule has 29 heavy (non-hydrogen) atoms. The molecule has 0 saturated carbocycles. The molecule has 1 heteroatoms. The van der Waals surface area contributed by atoms with Gasteiger partial charge in [0.25, 0.3) is 0 Å². The molecule has 0 aliphatic heterocycles. The highest BCUT2D eigenvalue weighted by atomic mass is 15.1. The molecule has 0 radical (unpaired) electrons. The van der Waals surface area contributed by atoms with E-state index in [4.69, 9.17) is 0 Å². The minimum Gasteiger partial charge on any atom is -0.310 e. The van der Waals surface area contributed by atoms with Gasteiger partial charge in [-0.1, -0.05) is 98.8 Å². The maximum Gasteiger partial charge on any atom is 0.0540 e. The molecule has 0 spiro atoms. The number of anilines is 3. The minimum atomic E-state index is 1.16. The van der Waals surface area contributed by atoms with Crippen molar-refractivity contribution >= 4 is 38.6 Å². The van der Waals surface area contributed by atoms with Gasteiger partial charge in [-0.15, -0.1) is 0 Å². The van der Waals surface area contributed by atoms with Crippen molar-refractivity contribution in [2.45, 2.75) is 13.8 Å². The second-order valence-corrected chi connectivity index (χ2v) is 6.70. The van der Waals surface area contributed by atoms with Crippen molar-refractivity contribution < 1.29 is 0 Å². The third kappa shape index (κ3) is 3.72. The Morgan fingerprint density at radius 2 is 1.07 bits per heavy atom. The lowest BCUT2D eigenvalue weighted by molar-refractivity contribution is 1.30. The maximum absolute atomic E-state index is 2.34. The summed E-state index contributed by atoms with van der Waals surface area (Å²) in [7, 11) is 0. The van der Waals surface area contributed by atoms with E-state index in [9.17, 15) is 0 Å². The van der Waals surface area contributed by atoms with Crippen LogP contribution in [0.5, 0.6) is 0 Å². The lowest BCUT2D eigenvalue weighted by Gasteiger charge is -2.27. The summed E-state index contributed by atoms with van der Waals surface area (Å²) in [6, 6.07) is 40.8. The molecule has 0 aromatic heterocycles. The van der Waals surface area contributed by atoms with E-state index >= 15 is 0 Å². The standard InChI is InChI=1S/C26H19N.C2H6/c1-2-13-23(14-3-1)27(24-18-17-20-9-4-5-11-22(20)19-24)26-16-8-12-21-10-6-7-15-25(21)26;1-2/h1-19H;1-2H3. The minimum absolute atomic E-state index is 1.16. The number of rotatable bonds is 3. The average molecular weight is 376 g/mol. The summed E-state index contributed by atoms with van der Waals surface area (Å²) >= 11 is 0. The second-order valence-electron chi connectivity index (χ2n) is 6.70. The van der Waals surface area contributed by atoms with Gasteiger partial charge in [-0.3, -0.25) is 0 Å². The summed E-state index contributed by atoms with van der Waals surface area (Å²) in [6.45, 7) is 4.00. The number of para-hydroxylation sites is 1. The lowest BCUT2D eigenvalue weighted by atomic mass is 10.0. The monoisotopic (exact) mass is 375 g/mol. The maximum atomic E-state index is 2.34. The van der Waals surface area contributed by atoms with Gasteiger partial charge in [0.1, 0.15) is 0 Å². The van der Waals surface area contributed by atoms with Crippen molar-refractivity contribution in [1.82, 2.24) is 0 Å². The quantitative estimate of drug-likeness (QED) is 0.305. The Labute approximate surface area is 172 Å². The fraction of sp³-hybridized carbons (Fsp3) is 0.0714. The summed E-state index contributed by atoms with van der Waals surface area (Å²) in [5.41, 5.74) is 3.51. The molecule has 5 aromatic carbocycles. The largest absolute Gasteiger partial charge is 0.310 e. The Morgan fingerprint density at radius 1 is 0.448 bits per heavy atom. The zero-order chi connectivity index (χ0) is 20.1. The first-order valence-electron chi connectivity index (χ1n) is 10.2. The Hall–Kier alpha value is -3.58. The summed E-state index contributed by atoms with van der Waals surface area (Å²) in [6.07, 6.45) is 0. The molecule has 0 amide bonds. The van der Waals surface area contributed by atoms with Crippen molar-refractivity contribution in [3.8, 4) is 0 Å². The van der Waals surface area contributed by atoms with Crippen LogP contribution in [0.4, 0.5) is 17.1 Å². The van der Waals surface area contributed by atoms with E-state index < -0.39 is 0 Å². The van der Waals surface area contributed by atoms with E-state index in [1.165, 1.54) is 27.2 Å². The second kappa shape index (κ2) is 8.62. The third-order valence-corrected chi connectivity index (χ3v) is 5.01. The topological polar surface area (TPSA) is 3.24 Å². The fourth-order valence-electron chi connectivity index (χ4n) is 3.72. The van der Waals surface area contributed by atoms with Gasteiger partial charge in [-0.05, 0) is 46.5 Å². The number of hydrogen-bond donors (Lipinski definition) is 0. The molecule has 0 saturated heterocycles. The third-order valence-electron chi connectivity index (χ3n) is 5.01. The van der Waals surface area contributed by atoms with Crippen LogP contribution in [0.25, 0.3) is 21.5 Å². The molecule has 0 bridgehead atoms. The Kier molecular flexibility index (Phi) is 5.58. The number of hydrogen-bond acceptors (Lipinski definition) is 1. The van der Waals surface area contributed by atoms with Crippen LogP contribution in [0.2, 0.25) is 0 Å². The predicted molar refractivity (Wildman–Crippen MR) is 127 cm³/mol. The SMILES string of the molecule is CC.c1ccc(N(c2ccc3ccccc3c2)c2cccc3ccccc23)cc1. The molecule has 5 aromatic rings. The van der Waals surface area contributed by atoms with Gasteiger partial charge in [-0.2, -0.15) is 0 Å². The van der Waals surface area contributed by atoms with E-state index in [1.54, 1.807) is 0 Å². The summed E-state index contributed by atoms with van der Waals surface area (Å²) in [4.78, 5) is 2.34. The normalized spacial score (nSPS) is 10.4. The van der Waals surface area contributed by atoms with E-state index in [-0.39, 0.29) is 0 Å². The molecule has 0 fully saturated rings. The van der Waals surface area contributed by atoms with E-state index in [0.717, 1.165) is 11.4 Å². The van der Waals surface area contributed by atoms with Crippen LogP contribution >= 0.6 is 0 Å². The van der Waals surface area contributed by atoms with Crippen molar-refractivity contribution in [1.29, 1.82) is 0 Å². The van der Waals surface area contributed by atoms with Gasteiger partial charge in [0, 0.05) is 16.8 Å². The van der Waals surface area contributed by atoms with Crippen molar-refractivity contribution in [2.75, 3.05) is 4.90 Å². The van der Waals surface area contributed by atoms with Crippen LogP contribution < -0.4 is 4.90 Å². The van der Waals surface area contributed by atoms with Crippen LogP contribution in [-0.4, -0.2) is 0 Å². The van der Waals surface area contributed by atoms with E-state index in [0.29, 0.717) is 0 Å². The van der Waals surface area contributed by atoms with Crippen molar-refractivity contribution in [2.24, 2.45) is 0 Å². The molecular formula is C28H25N. The Morgan fingerprint density at radius 3 is 1.86 bits per heavy atom. The molecule has 5 rings (SSSR count). The molecule has 0 N–H and O–H groups in total. The number of benzene rings is 5. The first-order valence-corrected chi connectivity index (χ1v) is 10.2. The lowest BCUT2D eigenvalue weighted by Crippen LogP contribution is -2.10. The van der Waals surface area contributed by atoms with Gasteiger partial charge in [-0.25, -0.2) is 0 Å². The van der Waals surface area contributed by atoms with Crippen LogP contribution in [0.15, 0.2) is 115 Å².